The summed E-state index contributed by atoms with van der Waals surface area (Å²) in [6.07, 6.45) is 1.94. The van der Waals surface area contributed by atoms with E-state index in [1.54, 1.807) is 0 Å². The number of cyclic esters (lactones) is 1. The summed E-state index contributed by atoms with van der Waals surface area (Å²) in [5.74, 6) is 3.85. The highest BCUT2D eigenvalue weighted by Crippen LogP contribution is 2.13. The molecule has 80 valence electrons. The van der Waals surface area contributed by atoms with E-state index in [1.165, 1.54) is 6.92 Å². The van der Waals surface area contributed by atoms with E-state index in [2.05, 4.69) is 4.74 Å². The van der Waals surface area contributed by atoms with Gasteiger partial charge in [0.15, 0.2) is 5.78 Å². The first kappa shape index (κ1) is 10.9. The number of hydrogen-bond acceptors (Lipinski definition) is 5. The predicted molar refractivity (Wildman–Crippen MR) is 48.5 cm³/mol. The summed E-state index contributed by atoms with van der Waals surface area (Å²) < 4.78 is 4.65. The van der Waals surface area contributed by atoms with Crippen LogP contribution in [0.15, 0.2) is 23.6 Å². The molecule has 0 saturated heterocycles. The van der Waals surface area contributed by atoms with Crippen molar-refractivity contribution in [2.75, 3.05) is 0 Å². The van der Waals surface area contributed by atoms with Gasteiger partial charge in [-0.1, -0.05) is 0 Å². The number of rotatable bonds is 1. The van der Waals surface area contributed by atoms with Crippen LogP contribution in [-0.4, -0.2) is 22.8 Å². The molecule has 1 aliphatic rings. The Morgan fingerprint density at radius 1 is 1.53 bits per heavy atom. The Morgan fingerprint density at radius 2 is 2.13 bits per heavy atom. The number of urea groups is 1. The van der Waals surface area contributed by atoms with Gasteiger partial charge in [0.2, 0.25) is 0 Å². The van der Waals surface area contributed by atoms with Gasteiger partial charge in [-0.2, -0.15) is 0 Å². The van der Waals surface area contributed by atoms with E-state index in [0.717, 1.165) is 12.3 Å². The fraction of sp³-hybridized carbons (Fsp3) is 0.125. The third kappa shape index (κ3) is 2.41. The largest absolute Gasteiger partial charge is 0.427 e. The van der Waals surface area contributed by atoms with Gasteiger partial charge in [0.1, 0.15) is 11.3 Å². The number of ketones is 1. The molecule has 0 aromatic rings. The van der Waals surface area contributed by atoms with Crippen molar-refractivity contribution >= 4 is 17.8 Å². The van der Waals surface area contributed by atoms with Crippen LogP contribution in [0.1, 0.15) is 6.92 Å². The zero-order chi connectivity index (χ0) is 11.6. The molecule has 0 aromatic heterocycles. The van der Waals surface area contributed by atoms with Gasteiger partial charge < -0.3 is 10.5 Å². The van der Waals surface area contributed by atoms with E-state index in [0.29, 0.717) is 5.01 Å². The highest BCUT2D eigenvalue weighted by molar-refractivity contribution is 6.23. The van der Waals surface area contributed by atoms with Crippen LogP contribution in [-0.2, 0) is 14.3 Å². The number of nitrogens with two attached hydrogens (primary N) is 2. The average molecular weight is 211 g/mol. The SMILES string of the molecule is CC1=CC(=O)/C(=C/N(N)C(N)=O)C(=O)O1. The molecule has 1 rings (SSSR count). The Balaban J connectivity index is 3.01. The van der Waals surface area contributed by atoms with Crippen molar-refractivity contribution in [2.24, 2.45) is 11.6 Å². The van der Waals surface area contributed by atoms with Crippen molar-refractivity contribution in [3.63, 3.8) is 0 Å². The molecule has 0 radical (unpaired) electrons. The summed E-state index contributed by atoms with van der Waals surface area (Å²) >= 11 is 0. The van der Waals surface area contributed by atoms with Gasteiger partial charge in [0, 0.05) is 12.3 Å². The minimum absolute atomic E-state index is 0.185. The molecule has 0 unspecified atom stereocenters. The molecule has 7 nitrogen and oxygen atoms in total. The molecular formula is C8H9N3O4. The van der Waals surface area contributed by atoms with Gasteiger partial charge >= 0.3 is 12.0 Å². The number of primary amides is 1. The van der Waals surface area contributed by atoms with Crippen LogP contribution < -0.4 is 11.6 Å². The summed E-state index contributed by atoms with van der Waals surface area (Å²) in [7, 11) is 0. The summed E-state index contributed by atoms with van der Waals surface area (Å²) in [5, 5.41) is 0.434. The number of carbonyl (C=O) groups excluding carboxylic acids is 3. The Labute approximate surface area is 84.9 Å². The molecular weight excluding hydrogens is 202 g/mol. The summed E-state index contributed by atoms with van der Waals surface area (Å²) in [6.45, 7) is 1.46. The summed E-state index contributed by atoms with van der Waals surface area (Å²) in [6, 6.07) is -0.991. The Morgan fingerprint density at radius 3 is 2.60 bits per heavy atom. The van der Waals surface area contributed by atoms with Gasteiger partial charge in [-0.15, -0.1) is 0 Å². The number of nitrogens with zero attached hydrogens (tertiary/aromatic N) is 1. The quantitative estimate of drug-likeness (QED) is 0.146. The standard InChI is InChI=1S/C8H9N3O4/c1-4-2-6(12)5(7(13)15-4)3-11(10)8(9)14/h2-3H,10H2,1H3,(H2,9,14)/b5-3-. The van der Waals surface area contributed by atoms with Crippen LogP contribution in [0.5, 0.6) is 0 Å². The Hall–Kier alpha value is -2.15. The minimum Gasteiger partial charge on any atom is -0.427 e. The monoisotopic (exact) mass is 211 g/mol. The summed E-state index contributed by atoms with van der Waals surface area (Å²) in [5.41, 5.74) is 4.46. The van der Waals surface area contributed by atoms with Crippen molar-refractivity contribution in [2.45, 2.75) is 6.92 Å². The third-order valence-corrected chi connectivity index (χ3v) is 1.60. The van der Waals surface area contributed by atoms with Crippen LogP contribution in [0.3, 0.4) is 0 Å². The van der Waals surface area contributed by atoms with Crippen molar-refractivity contribution in [3.8, 4) is 0 Å². The molecule has 0 aromatic carbocycles. The van der Waals surface area contributed by atoms with Crippen LogP contribution in [0.4, 0.5) is 4.79 Å². The number of ether oxygens (including phenoxy) is 1. The summed E-state index contributed by atoms with van der Waals surface area (Å²) in [4.78, 5) is 33.0. The lowest BCUT2D eigenvalue weighted by atomic mass is 10.1. The van der Waals surface area contributed by atoms with E-state index >= 15 is 0 Å². The van der Waals surface area contributed by atoms with Crippen LogP contribution >= 0.6 is 0 Å². The first-order chi connectivity index (χ1) is 6.91. The number of hydrogen-bond donors (Lipinski definition) is 2. The number of esters is 1. The van der Waals surface area contributed by atoms with E-state index in [4.69, 9.17) is 11.6 Å². The average Bonchev–Trinajstić information content (AvgIpc) is 2.10. The van der Waals surface area contributed by atoms with Crippen LogP contribution in [0.25, 0.3) is 0 Å². The molecule has 2 amide bonds. The zero-order valence-corrected chi connectivity index (χ0v) is 7.89. The number of hydrazine groups is 1. The van der Waals surface area contributed by atoms with Gasteiger partial charge in [0.25, 0.3) is 0 Å². The topological polar surface area (TPSA) is 116 Å². The van der Waals surface area contributed by atoms with Crippen LogP contribution in [0.2, 0.25) is 0 Å². The maximum Gasteiger partial charge on any atom is 0.348 e. The van der Waals surface area contributed by atoms with E-state index in [9.17, 15) is 14.4 Å². The first-order valence-electron chi connectivity index (χ1n) is 3.92. The van der Waals surface area contributed by atoms with E-state index < -0.39 is 17.8 Å². The van der Waals surface area contributed by atoms with Gasteiger partial charge in [-0.05, 0) is 6.92 Å². The first-order valence-corrected chi connectivity index (χ1v) is 3.92. The lowest BCUT2D eigenvalue weighted by Crippen LogP contribution is -2.38. The van der Waals surface area contributed by atoms with Crippen molar-refractivity contribution in [3.05, 3.63) is 23.6 Å². The molecule has 0 bridgehead atoms. The second kappa shape index (κ2) is 3.93. The van der Waals surface area contributed by atoms with Crippen LogP contribution in [0, 0.1) is 0 Å². The predicted octanol–water partition coefficient (Wildman–Crippen LogP) is -0.846. The highest BCUT2D eigenvalue weighted by Gasteiger charge is 2.25. The number of allylic oxidation sites excluding steroid dienone is 2. The third-order valence-electron chi connectivity index (χ3n) is 1.60. The molecule has 15 heavy (non-hydrogen) atoms. The minimum atomic E-state index is -0.991. The molecule has 0 saturated carbocycles. The van der Waals surface area contributed by atoms with Crippen molar-refractivity contribution < 1.29 is 19.1 Å². The molecule has 0 fully saturated rings. The molecule has 0 aliphatic carbocycles. The highest BCUT2D eigenvalue weighted by atomic mass is 16.5. The van der Waals surface area contributed by atoms with Gasteiger partial charge in [-0.3, -0.25) is 4.79 Å². The van der Waals surface area contributed by atoms with Gasteiger partial charge in [0.05, 0.1) is 0 Å². The second-order valence-corrected chi connectivity index (χ2v) is 2.80. The van der Waals surface area contributed by atoms with Gasteiger partial charge in [-0.25, -0.2) is 20.4 Å². The lowest BCUT2D eigenvalue weighted by Gasteiger charge is -2.14. The Kier molecular flexibility index (Phi) is 2.86. The van der Waals surface area contributed by atoms with Crippen molar-refractivity contribution in [1.29, 1.82) is 0 Å². The van der Waals surface area contributed by atoms with E-state index in [-0.39, 0.29) is 11.3 Å². The molecule has 7 heteroatoms. The fourth-order valence-corrected chi connectivity index (χ4v) is 0.913. The number of carbonyl (C=O) groups is 3. The molecule has 4 N–H and O–H groups in total. The fourth-order valence-electron chi connectivity index (χ4n) is 0.913. The molecule has 1 aliphatic heterocycles. The molecule has 0 atom stereocenters. The lowest BCUT2D eigenvalue weighted by molar-refractivity contribution is -0.137. The molecule has 0 spiro atoms. The maximum absolute atomic E-state index is 11.3. The maximum atomic E-state index is 11.3. The smallest absolute Gasteiger partial charge is 0.348 e. The van der Waals surface area contributed by atoms with Crippen molar-refractivity contribution in [1.82, 2.24) is 5.01 Å². The Bertz CT molecular complexity index is 397. The zero-order valence-electron chi connectivity index (χ0n) is 7.89. The second-order valence-electron chi connectivity index (χ2n) is 2.80. The number of amides is 2. The normalized spacial score (nSPS) is 18.5. The molecule has 1 heterocycles. The van der Waals surface area contributed by atoms with E-state index in [1.807, 2.05) is 0 Å².